The minimum absolute atomic E-state index is 0.337. The second kappa shape index (κ2) is 2.09. The van der Waals surface area contributed by atoms with Gasteiger partial charge in [-0.3, -0.25) is 4.79 Å². The molecule has 0 aliphatic heterocycles. The first-order chi connectivity index (χ1) is 5.86. The fourth-order valence-electron chi connectivity index (χ4n) is 3.08. The van der Waals surface area contributed by atoms with Crippen LogP contribution in [-0.2, 0) is 4.79 Å². The molecule has 0 amide bonds. The average Bonchev–Trinajstić information content (AvgIpc) is 2.59. The number of hydrogen-bond acceptors (Lipinski definition) is 1. The Hall–Kier alpha value is -0.850. The first kappa shape index (κ1) is 6.64. The molecule has 0 radical (unpaired) electrons. The maximum absolute atomic E-state index is 11.5. The highest BCUT2D eigenvalue weighted by molar-refractivity contribution is 5.93. The number of hydrogen-bond donors (Lipinski definition) is 0. The van der Waals surface area contributed by atoms with Crippen LogP contribution in [-0.4, -0.2) is 5.78 Å². The lowest BCUT2D eigenvalue weighted by molar-refractivity contribution is -0.119. The monoisotopic (exact) mass is 160 g/mol. The van der Waals surface area contributed by atoms with E-state index in [1.54, 1.807) is 0 Å². The molecule has 3 rings (SSSR count). The van der Waals surface area contributed by atoms with E-state index in [2.05, 4.69) is 18.2 Å². The number of rotatable bonds is 0. The molecule has 3 aliphatic rings. The Morgan fingerprint density at radius 3 is 3.17 bits per heavy atom. The van der Waals surface area contributed by atoms with Crippen molar-refractivity contribution in [3.05, 3.63) is 24.3 Å². The number of allylic oxidation sites excluding steroid dienone is 4. The van der Waals surface area contributed by atoms with Gasteiger partial charge < -0.3 is 0 Å². The third kappa shape index (κ3) is 0.669. The first-order valence-corrected chi connectivity index (χ1v) is 4.75. The molecular weight excluding hydrogens is 148 g/mol. The van der Waals surface area contributed by atoms with Crippen LogP contribution in [0.4, 0.5) is 0 Å². The van der Waals surface area contributed by atoms with Crippen molar-refractivity contribution in [2.45, 2.75) is 12.8 Å². The molecule has 2 bridgehead atoms. The molecule has 12 heavy (non-hydrogen) atoms. The van der Waals surface area contributed by atoms with Gasteiger partial charge in [0.1, 0.15) is 0 Å². The summed E-state index contributed by atoms with van der Waals surface area (Å²) in [5.74, 6) is 2.75. The smallest absolute Gasteiger partial charge is 0.159 e. The van der Waals surface area contributed by atoms with Gasteiger partial charge in [-0.05, 0) is 36.7 Å². The van der Waals surface area contributed by atoms with Gasteiger partial charge >= 0.3 is 0 Å². The Bertz CT molecular complexity index is 287. The highest BCUT2D eigenvalue weighted by atomic mass is 16.1. The second-order valence-electron chi connectivity index (χ2n) is 4.17. The molecule has 1 heteroatoms. The highest BCUT2D eigenvalue weighted by Gasteiger charge is 2.46. The third-order valence-electron chi connectivity index (χ3n) is 3.67. The van der Waals surface area contributed by atoms with Crippen LogP contribution in [0.2, 0.25) is 0 Å². The lowest BCUT2D eigenvalue weighted by Crippen LogP contribution is -2.17. The number of ketones is 1. The van der Waals surface area contributed by atoms with Gasteiger partial charge in [-0.1, -0.05) is 18.2 Å². The zero-order valence-corrected chi connectivity index (χ0v) is 6.94. The molecule has 0 aromatic carbocycles. The lowest BCUT2D eigenvalue weighted by Gasteiger charge is -2.13. The fourth-order valence-corrected chi connectivity index (χ4v) is 3.08. The molecule has 0 N–H and O–H groups in total. The molecule has 0 aromatic rings. The Morgan fingerprint density at radius 2 is 2.25 bits per heavy atom. The quantitative estimate of drug-likeness (QED) is 0.495. The summed E-state index contributed by atoms with van der Waals surface area (Å²) in [6.07, 6.45) is 10.8. The van der Waals surface area contributed by atoms with Crippen LogP contribution >= 0.6 is 0 Å². The van der Waals surface area contributed by atoms with Crippen molar-refractivity contribution in [3.63, 3.8) is 0 Å². The molecule has 4 atom stereocenters. The first-order valence-electron chi connectivity index (χ1n) is 4.75. The molecule has 0 spiro atoms. The molecule has 0 aromatic heterocycles. The van der Waals surface area contributed by atoms with E-state index in [1.165, 1.54) is 6.42 Å². The second-order valence-corrected chi connectivity index (χ2v) is 4.17. The van der Waals surface area contributed by atoms with Crippen molar-refractivity contribution in [2.75, 3.05) is 0 Å². The van der Waals surface area contributed by atoms with Gasteiger partial charge in [0.05, 0.1) is 0 Å². The van der Waals surface area contributed by atoms with Crippen LogP contribution in [0.15, 0.2) is 24.3 Å². The van der Waals surface area contributed by atoms with E-state index in [0.717, 1.165) is 12.3 Å². The standard InChI is InChI=1S/C11H12O/c12-11-5-4-7-6-10(11)9-3-1-2-8(7)9/h1,3-5,7-10H,2,6H2. The van der Waals surface area contributed by atoms with Crippen LogP contribution in [0.25, 0.3) is 0 Å². The summed E-state index contributed by atoms with van der Waals surface area (Å²) in [5, 5.41) is 0. The average molecular weight is 160 g/mol. The van der Waals surface area contributed by atoms with Gasteiger partial charge in [0, 0.05) is 5.92 Å². The van der Waals surface area contributed by atoms with E-state index in [9.17, 15) is 4.79 Å². The molecule has 0 heterocycles. The molecule has 1 nitrogen and oxygen atoms in total. The number of fused-ring (bicyclic) bond motifs is 5. The van der Waals surface area contributed by atoms with E-state index in [1.807, 2.05) is 6.08 Å². The maximum Gasteiger partial charge on any atom is 0.159 e. The van der Waals surface area contributed by atoms with E-state index >= 15 is 0 Å². The van der Waals surface area contributed by atoms with Gasteiger partial charge in [-0.2, -0.15) is 0 Å². The summed E-state index contributed by atoms with van der Waals surface area (Å²) in [7, 11) is 0. The zero-order valence-electron chi connectivity index (χ0n) is 6.94. The fraction of sp³-hybridized carbons (Fsp3) is 0.545. The third-order valence-corrected chi connectivity index (χ3v) is 3.67. The minimum Gasteiger partial charge on any atom is -0.295 e. The summed E-state index contributed by atoms with van der Waals surface area (Å²) in [5.41, 5.74) is 0. The van der Waals surface area contributed by atoms with Crippen LogP contribution in [0.3, 0.4) is 0 Å². The Balaban J connectivity index is 2.04. The summed E-state index contributed by atoms with van der Waals surface area (Å²) in [6.45, 7) is 0. The zero-order chi connectivity index (χ0) is 8.13. The minimum atomic E-state index is 0.337. The van der Waals surface area contributed by atoms with Crippen molar-refractivity contribution in [1.29, 1.82) is 0 Å². The van der Waals surface area contributed by atoms with Crippen molar-refractivity contribution < 1.29 is 4.79 Å². The maximum atomic E-state index is 11.5. The lowest BCUT2D eigenvalue weighted by atomic mass is 9.90. The van der Waals surface area contributed by atoms with Gasteiger partial charge in [0.15, 0.2) is 5.78 Å². The van der Waals surface area contributed by atoms with Crippen molar-refractivity contribution in [1.82, 2.24) is 0 Å². The SMILES string of the molecule is O=C1C=CC2CC1C1C=CCC21. The normalized spacial score (nSPS) is 48.5. The van der Waals surface area contributed by atoms with Crippen LogP contribution in [0.5, 0.6) is 0 Å². The van der Waals surface area contributed by atoms with Crippen LogP contribution < -0.4 is 0 Å². The Morgan fingerprint density at radius 1 is 1.33 bits per heavy atom. The summed E-state index contributed by atoms with van der Waals surface area (Å²) in [6, 6.07) is 0. The summed E-state index contributed by atoms with van der Waals surface area (Å²) >= 11 is 0. The summed E-state index contributed by atoms with van der Waals surface area (Å²) < 4.78 is 0. The molecule has 3 aliphatic carbocycles. The molecular formula is C11H12O. The Labute approximate surface area is 72.2 Å². The van der Waals surface area contributed by atoms with Gasteiger partial charge in [0.25, 0.3) is 0 Å². The predicted octanol–water partition coefficient (Wildman–Crippen LogP) is 1.95. The van der Waals surface area contributed by atoms with Crippen molar-refractivity contribution in [2.24, 2.45) is 23.7 Å². The largest absolute Gasteiger partial charge is 0.295 e. The van der Waals surface area contributed by atoms with E-state index < -0.39 is 0 Å². The molecule has 1 fully saturated rings. The molecule has 0 saturated heterocycles. The predicted molar refractivity (Wildman–Crippen MR) is 46.5 cm³/mol. The van der Waals surface area contributed by atoms with Gasteiger partial charge in [-0.25, -0.2) is 0 Å². The van der Waals surface area contributed by atoms with Crippen LogP contribution in [0, 0.1) is 23.7 Å². The molecule has 4 unspecified atom stereocenters. The van der Waals surface area contributed by atoms with E-state index in [0.29, 0.717) is 23.5 Å². The topological polar surface area (TPSA) is 17.1 Å². The number of carbonyl (C=O) groups is 1. The summed E-state index contributed by atoms with van der Waals surface area (Å²) in [4.78, 5) is 11.5. The van der Waals surface area contributed by atoms with E-state index in [-0.39, 0.29) is 0 Å². The molecule has 62 valence electrons. The van der Waals surface area contributed by atoms with Crippen LogP contribution in [0.1, 0.15) is 12.8 Å². The number of carbonyl (C=O) groups excluding carboxylic acids is 1. The van der Waals surface area contributed by atoms with Gasteiger partial charge in [-0.15, -0.1) is 0 Å². The van der Waals surface area contributed by atoms with Crippen molar-refractivity contribution >= 4 is 5.78 Å². The van der Waals surface area contributed by atoms with Gasteiger partial charge in [0.2, 0.25) is 0 Å². The van der Waals surface area contributed by atoms with E-state index in [4.69, 9.17) is 0 Å². The highest BCUT2D eigenvalue weighted by Crippen LogP contribution is 2.50. The van der Waals surface area contributed by atoms with Crippen molar-refractivity contribution in [3.8, 4) is 0 Å². The Kier molecular flexibility index (Phi) is 1.16. The molecule has 1 saturated carbocycles.